The van der Waals surface area contributed by atoms with Crippen molar-refractivity contribution in [2.75, 3.05) is 0 Å². The summed E-state index contributed by atoms with van der Waals surface area (Å²) in [4.78, 5) is 32.0. The molecule has 0 amide bonds. The largest absolute Gasteiger partial charge is 0.457 e. The molecule has 2 spiro atoms. The molecule has 0 atom stereocenters. The SMILES string of the molecule is c1ccc(-c2nc(-c3ccc4c(c3)nc(-c3ccccc3)c3cc5c(cc34)C3(c4ccccc4O5)c4ccccc4-c4ccccc43)c3sc4ccccc4c3n2)cc1.c1ccc(-c2nc(-c3ccc4c(c3)nc(-c3ccccc3)c3cc5c(cc34)C3(c4ccccc4O5)c4ccccc4-c4ccccc43)cc(-c3cccc4c3oc3ccccc34)n2)cc1. The molecular formula is C114H66N6O3S. The van der Waals surface area contributed by atoms with Gasteiger partial charge in [-0.2, -0.15) is 0 Å². The van der Waals surface area contributed by atoms with E-state index in [4.69, 9.17) is 43.8 Å². The Labute approximate surface area is 715 Å². The minimum absolute atomic E-state index is 0.574. The minimum Gasteiger partial charge on any atom is -0.457 e. The van der Waals surface area contributed by atoms with Gasteiger partial charge in [-0.3, -0.25) is 0 Å². The third-order valence-electron chi connectivity index (χ3n) is 25.9. The van der Waals surface area contributed by atoms with Crippen LogP contribution in [0.5, 0.6) is 23.0 Å². The smallest absolute Gasteiger partial charge is 0.160 e. The molecule has 27 rings (SSSR count). The molecule has 0 N–H and O–H groups in total. The van der Waals surface area contributed by atoms with Crippen LogP contribution >= 0.6 is 11.3 Å². The van der Waals surface area contributed by atoms with Gasteiger partial charge < -0.3 is 13.9 Å². The summed E-state index contributed by atoms with van der Waals surface area (Å²) < 4.78 is 22.7. The molecule has 124 heavy (non-hydrogen) atoms. The van der Waals surface area contributed by atoms with Gasteiger partial charge in [-0.15, -0.1) is 11.3 Å². The zero-order valence-electron chi connectivity index (χ0n) is 66.4. The fraction of sp³-hybridized carbons (Fsp3) is 0.0175. The second-order valence-electron chi connectivity index (χ2n) is 32.4. The highest BCUT2D eigenvalue weighted by molar-refractivity contribution is 7.26. The average molecular weight is 1600 g/mol. The molecule has 6 aromatic heterocycles. The number of nitrogens with zero attached hydrogens (tertiary/aromatic N) is 6. The predicted molar refractivity (Wildman–Crippen MR) is 503 cm³/mol. The highest BCUT2D eigenvalue weighted by Gasteiger charge is 2.53. The molecule has 576 valence electrons. The normalized spacial score (nSPS) is 13.3. The molecule has 10 heteroatoms. The fourth-order valence-corrected chi connectivity index (χ4v) is 21.7. The minimum atomic E-state index is -0.595. The van der Waals surface area contributed by atoms with Crippen molar-refractivity contribution in [1.82, 2.24) is 29.9 Å². The van der Waals surface area contributed by atoms with Crippen LogP contribution in [-0.2, 0) is 10.8 Å². The lowest BCUT2D eigenvalue weighted by Gasteiger charge is -2.39. The van der Waals surface area contributed by atoms with Crippen molar-refractivity contribution >= 4 is 96.9 Å². The maximum Gasteiger partial charge on any atom is 0.160 e. The summed E-state index contributed by atoms with van der Waals surface area (Å²) in [6.45, 7) is 0. The van der Waals surface area contributed by atoms with Crippen molar-refractivity contribution < 1.29 is 13.9 Å². The van der Waals surface area contributed by atoms with Gasteiger partial charge in [-0.25, -0.2) is 29.9 Å². The van der Waals surface area contributed by atoms with E-state index in [-0.39, 0.29) is 0 Å². The van der Waals surface area contributed by atoms with Crippen LogP contribution in [0.3, 0.4) is 0 Å². The number of thiophene rings is 1. The summed E-state index contributed by atoms with van der Waals surface area (Å²) in [5.74, 6) is 4.76. The number of furan rings is 1. The van der Waals surface area contributed by atoms with Crippen LogP contribution in [0.4, 0.5) is 0 Å². The van der Waals surface area contributed by atoms with Gasteiger partial charge >= 0.3 is 0 Å². The third kappa shape index (κ3) is 10.3. The molecule has 0 fully saturated rings. The second kappa shape index (κ2) is 27.2. The van der Waals surface area contributed by atoms with E-state index in [9.17, 15) is 0 Å². The van der Waals surface area contributed by atoms with Crippen LogP contribution in [0, 0.1) is 0 Å². The van der Waals surface area contributed by atoms with Gasteiger partial charge in [0, 0.05) is 104 Å². The van der Waals surface area contributed by atoms with Gasteiger partial charge in [-0.05, 0) is 128 Å². The van der Waals surface area contributed by atoms with Gasteiger partial charge in [-0.1, -0.05) is 328 Å². The first kappa shape index (κ1) is 69.8. The zero-order chi connectivity index (χ0) is 81.3. The summed E-state index contributed by atoms with van der Waals surface area (Å²) in [6, 6.07) is 142. The Kier molecular flexibility index (Phi) is 15.3. The number of benzene rings is 17. The highest BCUT2D eigenvalue weighted by atomic mass is 32.1. The lowest BCUT2D eigenvalue weighted by atomic mass is 9.65. The molecule has 23 aromatic rings. The maximum atomic E-state index is 6.97. The Bertz CT molecular complexity index is 8370. The predicted octanol–water partition coefficient (Wildman–Crippen LogP) is 29.2. The Balaban J connectivity index is 0.000000133. The van der Waals surface area contributed by atoms with E-state index >= 15 is 0 Å². The van der Waals surface area contributed by atoms with Crippen LogP contribution in [0.1, 0.15) is 44.5 Å². The molecule has 17 aromatic carbocycles. The van der Waals surface area contributed by atoms with E-state index in [2.05, 4.69) is 340 Å². The molecule has 0 saturated carbocycles. The van der Waals surface area contributed by atoms with E-state index < -0.39 is 10.8 Å². The number of rotatable bonds is 7. The topological polar surface area (TPSA) is 109 Å². The van der Waals surface area contributed by atoms with E-state index in [1.165, 1.54) is 49.2 Å². The number of hydrogen-bond acceptors (Lipinski definition) is 10. The fourth-order valence-electron chi connectivity index (χ4n) is 20.5. The number of para-hydroxylation sites is 4. The standard InChI is InChI=1S/C60H35N3O2.C54H31N3OS/c1-3-16-36(17-4-1)57-46-34-56-50(60(49-27-12-14-29-55(49)64-56)47-25-10-7-20-39(47)40-21-8-11-26-48(40)60)33-45(46)41-31-30-38(32-52(41)61-57)51-35-53(63-59(62-51)37-18-5-2-6-19-37)44-24-15-23-43-42-22-9-13-28-54(42)65-58(43)44;1-3-15-32(16-4-1)49-40-31-47-44(54(43-24-12-13-25-46(43)58-47)41-22-10-7-19-35(41)36-20-8-11-23-42(36)54)30-39(40)37-28-27-34(29-45(37)55-49)50-52-51(38-21-9-14-26-48(38)59-52)57-53(56-50)33-17-5-2-6-18-33/h1-35H;1-31H. The van der Waals surface area contributed by atoms with Crippen LogP contribution < -0.4 is 9.47 Å². The van der Waals surface area contributed by atoms with E-state index in [0.717, 1.165) is 194 Å². The number of hydrogen-bond donors (Lipinski definition) is 0. The number of aromatic nitrogens is 6. The van der Waals surface area contributed by atoms with Gasteiger partial charge in [0.05, 0.1) is 60.5 Å². The van der Waals surface area contributed by atoms with Crippen molar-refractivity contribution in [1.29, 1.82) is 0 Å². The van der Waals surface area contributed by atoms with E-state index in [1.54, 1.807) is 11.3 Å². The van der Waals surface area contributed by atoms with Crippen LogP contribution in [-0.4, -0.2) is 29.9 Å². The first-order valence-electron chi connectivity index (χ1n) is 41.9. The summed E-state index contributed by atoms with van der Waals surface area (Å²) in [5.41, 5.74) is 29.0. The lowest BCUT2D eigenvalue weighted by molar-refractivity contribution is 0.437. The van der Waals surface area contributed by atoms with Crippen LogP contribution in [0.15, 0.2) is 405 Å². The van der Waals surface area contributed by atoms with Crippen molar-refractivity contribution in [3.05, 3.63) is 445 Å². The Hall–Kier alpha value is -16.1. The van der Waals surface area contributed by atoms with E-state index in [0.29, 0.717) is 11.6 Å². The average Bonchev–Trinajstić information content (AvgIpc) is 1.48. The van der Waals surface area contributed by atoms with Crippen molar-refractivity contribution in [3.8, 4) is 124 Å². The summed E-state index contributed by atoms with van der Waals surface area (Å²) in [7, 11) is 0. The monoisotopic (exact) mass is 1600 g/mol. The molecule has 0 radical (unpaired) electrons. The molecule has 2 aliphatic heterocycles. The van der Waals surface area contributed by atoms with Gasteiger partial charge in [0.1, 0.15) is 34.2 Å². The van der Waals surface area contributed by atoms with Gasteiger partial charge in [0.25, 0.3) is 0 Å². The van der Waals surface area contributed by atoms with Crippen molar-refractivity contribution in [2.45, 2.75) is 10.8 Å². The Morgan fingerprint density at radius 3 is 1.19 bits per heavy atom. The lowest BCUT2D eigenvalue weighted by Crippen LogP contribution is -2.32. The van der Waals surface area contributed by atoms with E-state index in [1.807, 2.05) is 60.7 Å². The number of ether oxygens (including phenoxy) is 2. The summed E-state index contributed by atoms with van der Waals surface area (Å²) in [5, 5.41) is 9.70. The Morgan fingerprint density at radius 2 is 0.645 bits per heavy atom. The first-order valence-corrected chi connectivity index (χ1v) is 42.8. The van der Waals surface area contributed by atoms with Crippen LogP contribution in [0.2, 0.25) is 0 Å². The quantitative estimate of drug-likeness (QED) is 0.144. The third-order valence-corrected chi connectivity index (χ3v) is 27.0. The molecule has 2 aliphatic carbocycles. The molecule has 8 heterocycles. The Morgan fingerprint density at radius 1 is 0.226 bits per heavy atom. The molecule has 0 saturated heterocycles. The summed E-state index contributed by atoms with van der Waals surface area (Å²) >= 11 is 1.75. The van der Waals surface area contributed by atoms with Crippen LogP contribution in [0.25, 0.3) is 187 Å². The van der Waals surface area contributed by atoms with Crippen molar-refractivity contribution in [3.63, 3.8) is 0 Å². The first-order chi connectivity index (χ1) is 61.4. The zero-order valence-corrected chi connectivity index (χ0v) is 67.2. The molecule has 0 bridgehead atoms. The second-order valence-corrected chi connectivity index (χ2v) is 33.5. The molecule has 4 aliphatic rings. The van der Waals surface area contributed by atoms with Gasteiger partial charge in [0.15, 0.2) is 11.6 Å². The molecule has 9 nitrogen and oxygen atoms in total. The number of pyridine rings is 2. The summed E-state index contributed by atoms with van der Waals surface area (Å²) in [6.07, 6.45) is 0. The van der Waals surface area contributed by atoms with Crippen molar-refractivity contribution in [2.24, 2.45) is 0 Å². The highest BCUT2D eigenvalue weighted by Crippen LogP contribution is 2.65. The number of fused-ring (bicyclic) bond motifs is 30. The maximum absolute atomic E-state index is 6.97. The molecular weight excluding hydrogens is 1530 g/mol. The molecule has 0 unspecified atom stereocenters. The van der Waals surface area contributed by atoms with Gasteiger partial charge in [0.2, 0.25) is 0 Å².